The highest BCUT2D eigenvalue weighted by atomic mass is 16.4. The smallest absolute Gasteiger partial charge is 0.336 e. The molecule has 0 spiro atoms. The number of hydrogen-bond donors (Lipinski definition) is 1. The Balaban J connectivity index is 1.59. The molecular weight excluding hydrogens is 462 g/mol. The lowest BCUT2D eigenvalue weighted by Gasteiger charge is -2.30. The van der Waals surface area contributed by atoms with Crippen molar-refractivity contribution >= 4 is 28.5 Å². The molecule has 0 atom stereocenters. The van der Waals surface area contributed by atoms with E-state index in [-0.39, 0.29) is 0 Å². The molecule has 37 heavy (non-hydrogen) atoms. The number of likely N-dealkylation sites (N-methyl/N-ethyl adjacent to an activating group) is 1. The standard InChI is InChI=1S/C30H25N5O2/c1-2-34-17-21(29-25(19-34)27(30(36)37)24-10-6-7-11-26(24)32-29)16-22-18-35(23-8-4-3-5-9-23)33-28(22)20-12-14-31-15-13-20/h3-16,18H,2,17,19H2,1H3,(H,36,37)/b21-16+. The zero-order chi connectivity index (χ0) is 25.4. The summed E-state index contributed by atoms with van der Waals surface area (Å²) in [5.74, 6) is -0.929. The van der Waals surface area contributed by atoms with Gasteiger partial charge in [0.15, 0.2) is 0 Å². The van der Waals surface area contributed by atoms with Gasteiger partial charge in [-0.3, -0.25) is 9.88 Å². The molecule has 1 N–H and O–H groups in total. The molecule has 0 amide bonds. The van der Waals surface area contributed by atoms with Crippen LogP contribution in [0.2, 0.25) is 0 Å². The summed E-state index contributed by atoms with van der Waals surface area (Å²) in [6.07, 6.45) is 7.64. The molecule has 0 saturated heterocycles. The summed E-state index contributed by atoms with van der Waals surface area (Å²) in [6.45, 7) is 4.10. The number of carboxylic acid groups (broad SMARTS) is 1. The molecule has 0 aliphatic carbocycles. The van der Waals surface area contributed by atoms with Crippen molar-refractivity contribution in [3.8, 4) is 16.9 Å². The van der Waals surface area contributed by atoms with Gasteiger partial charge in [-0.2, -0.15) is 5.10 Å². The Bertz CT molecular complexity index is 1640. The van der Waals surface area contributed by atoms with Gasteiger partial charge in [0, 0.05) is 53.8 Å². The molecule has 0 bridgehead atoms. The van der Waals surface area contributed by atoms with E-state index in [0.29, 0.717) is 29.6 Å². The molecule has 6 rings (SSSR count). The van der Waals surface area contributed by atoms with Crippen LogP contribution < -0.4 is 0 Å². The maximum absolute atomic E-state index is 12.5. The van der Waals surface area contributed by atoms with Gasteiger partial charge < -0.3 is 5.11 Å². The van der Waals surface area contributed by atoms with E-state index in [4.69, 9.17) is 10.1 Å². The summed E-state index contributed by atoms with van der Waals surface area (Å²) in [5.41, 5.74) is 7.16. The van der Waals surface area contributed by atoms with Crippen LogP contribution in [0.1, 0.15) is 34.1 Å². The van der Waals surface area contributed by atoms with Gasteiger partial charge in [0.05, 0.1) is 22.5 Å². The minimum atomic E-state index is -0.929. The lowest BCUT2D eigenvalue weighted by atomic mass is 9.92. The van der Waals surface area contributed by atoms with Crippen molar-refractivity contribution in [1.82, 2.24) is 24.6 Å². The first kappa shape index (κ1) is 22.8. The predicted octanol–water partition coefficient (Wildman–Crippen LogP) is 5.56. The Morgan fingerprint density at radius 3 is 2.49 bits per heavy atom. The Kier molecular flexibility index (Phi) is 5.82. The number of fused-ring (bicyclic) bond motifs is 2. The maximum Gasteiger partial charge on any atom is 0.336 e. The molecule has 0 fully saturated rings. The molecule has 5 aromatic rings. The topological polar surface area (TPSA) is 84.1 Å². The van der Waals surface area contributed by atoms with E-state index >= 15 is 0 Å². The lowest BCUT2D eigenvalue weighted by Crippen LogP contribution is -2.31. The van der Waals surface area contributed by atoms with E-state index in [1.807, 2.05) is 77.6 Å². The van der Waals surface area contributed by atoms with E-state index in [1.54, 1.807) is 12.4 Å². The molecule has 0 radical (unpaired) electrons. The first-order valence-corrected chi connectivity index (χ1v) is 12.3. The average molecular weight is 488 g/mol. The van der Waals surface area contributed by atoms with Crippen molar-refractivity contribution < 1.29 is 9.90 Å². The third-order valence-electron chi connectivity index (χ3n) is 6.78. The van der Waals surface area contributed by atoms with E-state index in [9.17, 15) is 9.90 Å². The number of benzene rings is 2. The van der Waals surface area contributed by atoms with Gasteiger partial charge in [-0.1, -0.05) is 43.3 Å². The number of aromatic nitrogens is 4. The summed E-state index contributed by atoms with van der Waals surface area (Å²) in [5, 5.41) is 15.8. The van der Waals surface area contributed by atoms with Crippen molar-refractivity contribution in [2.75, 3.05) is 13.1 Å². The van der Waals surface area contributed by atoms with Gasteiger partial charge in [-0.05, 0) is 48.5 Å². The van der Waals surface area contributed by atoms with Gasteiger partial charge in [-0.15, -0.1) is 0 Å². The molecule has 1 aliphatic rings. The van der Waals surface area contributed by atoms with Crippen LogP contribution in [0.15, 0.2) is 85.3 Å². The number of carboxylic acids is 1. The van der Waals surface area contributed by atoms with Gasteiger partial charge >= 0.3 is 5.97 Å². The van der Waals surface area contributed by atoms with Gasteiger partial charge in [0.2, 0.25) is 0 Å². The van der Waals surface area contributed by atoms with Crippen molar-refractivity contribution in [2.45, 2.75) is 13.5 Å². The molecule has 0 saturated carbocycles. The lowest BCUT2D eigenvalue weighted by molar-refractivity contribution is 0.0696. The fraction of sp³-hybridized carbons (Fsp3) is 0.133. The highest BCUT2D eigenvalue weighted by Crippen LogP contribution is 2.35. The number of nitrogens with zero attached hydrogens (tertiary/aromatic N) is 5. The molecule has 7 heteroatoms. The van der Waals surface area contributed by atoms with Crippen LogP contribution in [0.25, 0.3) is 39.5 Å². The molecule has 182 valence electrons. The second-order valence-electron chi connectivity index (χ2n) is 9.06. The van der Waals surface area contributed by atoms with Crippen molar-refractivity contribution in [3.63, 3.8) is 0 Å². The van der Waals surface area contributed by atoms with Gasteiger partial charge in [-0.25, -0.2) is 14.5 Å². The van der Waals surface area contributed by atoms with Gasteiger partial charge in [0.1, 0.15) is 5.69 Å². The minimum Gasteiger partial charge on any atom is -0.478 e. The molecule has 1 aliphatic heterocycles. The minimum absolute atomic E-state index is 0.332. The van der Waals surface area contributed by atoms with Crippen LogP contribution in [0.5, 0.6) is 0 Å². The van der Waals surface area contributed by atoms with E-state index in [1.165, 1.54) is 0 Å². The van der Waals surface area contributed by atoms with Crippen LogP contribution in [0.4, 0.5) is 0 Å². The first-order valence-electron chi connectivity index (χ1n) is 12.3. The third-order valence-corrected chi connectivity index (χ3v) is 6.78. The fourth-order valence-electron chi connectivity index (χ4n) is 4.98. The van der Waals surface area contributed by atoms with Crippen LogP contribution >= 0.6 is 0 Å². The van der Waals surface area contributed by atoms with Crippen LogP contribution in [-0.4, -0.2) is 48.8 Å². The predicted molar refractivity (Wildman–Crippen MR) is 144 cm³/mol. The van der Waals surface area contributed by atoms with E-state index in [0.717, 1.165) is 45.9 Å². The number of aromatic carboxylic acids is 1. The number of carbonyl (C=O) groups is 1. The Labute approximate surface area is 214 Å². The number of pyridine rings is 2. The quantitative estimate of drug-likeness (QED) is 0.350. The van der Waals surface area contributed by atoms with E-state index < -0.39 is 5.97 Å². The SMILES string of the molecule is CCN1C/C(=C\c2cn(-c3ccccc3)nc2-c2ccncc2)c2nc3ccccc3c(C(=O)O)c2C1. The number of para-hydroxylation sites is 2. The summed E-state index contributed by atoms with van der Waals surface area (Å²) < 4.78 is 1.87. The molecule has 0 unspecified atom stereocenters. The first-order chi connectivity index (χ1) is 18.1. The van der Waals surface area contributed by atoms with Crippen molar-refractivity contribution in [1.29, 1.82) is 0 Å². The zero-order valence-corrected chi connectivity index (χ0v) is 20.4. The number of hydrogen-bond acceptors (Lipinski definition) is 5. The fourth-order valence-corrected chi connectivity index (χ4v) is 4.98. The molecule has 7 nitrogen and oxygen atoms in total. The van der Waals surface area contributed by atoms with E-state index in [2.05, 4.69) is 22.9 Å². The largest absolute Gasteiger partial charge is 0.478 e. The Hall–Kier alpha value is -4.62. The van der Waals surface area contributed by atoms with Crippen molar-refractivity contribution in [2.24, 2.45) is 0 Å². The summed E-state index contributed by atoms with van der Waals surface area (Å²) in [6, 6.07) is 21.3. The highest BCUT2D eigenvalue weighted by Gasteiger charge is 2.28. The zero-order valence-electron chi connectivity index (χ0n) is 20.4. The summed E-state index contributed by atoms with van der Waals surface area (Å²) >= 11 is 0. The van der Waals surface area contributed by atoms with Crippen molar-refractivity contribution in [3.05, 3.63) is 108 Å². The van der Waals surface area contributed by atoms with Crippen LogP contribution in [0, 0.1) is 0 Å². The monoisotopic (exact) mass is 487 g/mol. The second-order valence-corrected chi connectivity index (χ2v) is 9.06. The highest BCUT2D eigenvalue weighted by molar-refractivity contribution is 6.06. The molecule has 4 heterocycles. The Morgan fingerprint density at radius 1 is 0.973 bits per heavy atom. The van der Waals surface area contributed by atoms with Crippen LogP contribution in [0.3, 0.4) is 0 Å². The molecule has 3 aromatic heterocycles. The third kappa shape index (κ3) is 4.19. The summed E-state index contributed by atoms with van der Waals surface area (Å²) in [4.78, 5) is 23.8. The second kappa shape index (κ2) is 9.44. The molecular formula is C30H25N5O2. The van der Waals surface area contributed by atoms with Gasteiger partial charge in [0.25, 0.3) is 0 Å². The number of rotatable bonds is 5. The molecule has 2 aromatic carbocycles. The average Bonchev–Trinajstić information content (AvgIpc) is 3.36. The Morgan fingerprint density at radius 2 is 1.73 bits per heavy atom. The van der Waals surface area contributed by atoms with Crippen LogP contribution in [-0.2, 0) is 6.54 Å². The maximum atomic E-state index is 12.5. The normalized spacial score (nSPS) is 14.7. The summed E-state index contributed by atoms with van der Waals surface area (Å²) in [7, 11) is 0.